The molecule has 0 heterocycles. The second-order valence-electron chi connectivity index (χ2n) is 1.93. The van der Waals surface area contributed by atoms with Crippen molar-refractivity contribution in [1.82, 2.24) is 0 Å². The highest BCUT2D eigenvalue weighted by atomic mass is 28.2. The number of ether oxygens (including phenoxy) is 2. The fraction of sp³-hybridized carbons (Fsp3) is 1.00. The first kappa shape index (κ1) is 10.1. The molecule has 4 heteroatoms. The normalized spacial score (nSPS) is 11.4. The fourth-order valence-electron chi connectivity index (χ4n) is 0.507. The van der Waals surface area contributed by atoms with Crippen LogP contribution in [0.3, 0.4) is 0 Å². The van der Waals surface area contributed by atoms with Crippen LogP contribution < -0.4 is 0 Å². The summed E-state index contributed by atoms with van der Waals surface area (Å²) in [6.45, 7) is 3.89. The van der Waals surface area contributed by atoms with Gasteiger partial charge in [0.25, 0.3) is 0 Å². The van der Waals surface area contributed by atoms with E-state index in [9.17, 15) is 0 Å². The van der Waals surface area contributed by atoms with Gasteiger partial charge in [0.1, 0.15) is 6.79 Å². The van der Waals surface area contributed by atoms with Gasteiger partial charge in [-0.2, -0.15) is 0 Å². The molecule has 0 fully saturated rings. The SMILES string of the molecule is CC[SiH2]OCCOCOC. The van der Waals surface area contributed by atoms with Crippen molar-refractivity contribution in [1.29, 1.82) is 0 Å². The molecular formula is C6H16O3Si. The molecule has 0 rings (SSSR count). The van der Waals surface area contributed by atoms with Gasteiger partial charge in [-0.25, -0.2) is 0 Å². The van der Waals surface area contributed by atoms with Gasteiger partial charge in [0, 0.05) is 7.11 Å². The third-order valence-electron chi connectivity index (χ3n) is 0.922. The van der Waals surface area contributed by atoms with E-state index in [2.05, 4.69) is 11.7 Å². The maximum Gasteiger partial charge on any atom is 0.161 e. The minimum atomic E-state index is -0.233. The second kappa shape index (κ2) is 9.10. The molecule has 0 N–H and O–H groups in total. The standard InChI is InChI=1S/C6H16O3Si/c1-3-10-9-5-4-8-6-7-2/h3-6,10H2,1-2H3. The van der Waals surface area contributed by atoms with Crippen molar-refractivity contribution in [2.24, 2.45) is 0 Å². The molecule has 0 aliphatic rings. The van der Waals surface area contributed by atoms with Crippen LogP contribution in [0.5, 0.6) is 0 Å². The van der Waals surface area contributed by atoms with Crippen LogP contribution in [0.2, 0.25) is 6.04 Å². The van der Waals surface area contributed by atoms with Crippen LogP contribution in [0.25, 0.3) is 0 Å². The van der Waals surface area contributed by atoms with E-state index in [1.165, 1.54) is 6.04 Å². The van der Waals surface area contributed by atoms with E-state index in [1.54, 1.807) is 7.11 Å². The number of methoxy groups -OCH3 is 1. The van der Waals surface area contributed by atoms with E-state index in [4.69, 9.17) is 9.16 Å². The zero-order valence-corrected chi connectivity index (χ0v) is 8.17. The Bertz CT molecular complexity index is 53.0. The molecule has 0 aromatic heterocycles. The number of hydrogen-bond donors (Lipinski definition) is 0. The molecule has 3 nitrogen and oxygen atoms in total. The summed E-state index contributed by atoms with van der Waals surface area (Å²) in [4.78, 5) is 0. The molecule has 0 bridgehead atoms. The van der Waals surface area contributed by atoms with E-state index < -0.39 is 0 Å². The van der Waals surface area contributed by atoms with Gasteiger partial charge in [0.05, 0.1) is 13.2 Å². The van der Waals surface area contributed by atoms with E-state index in [1.807, 2.05) is 0 Å². The third kappa shape index (κ3) is 8.10. The topological polar surface area (TPSA) is 27.7 Å². The predicted molar refractivity (Wildman–Crippen MR) is 42.8 cm³/mol. The average Bonchev–Trinajstić information content (AvgIpc) is 1.97. The van der Waals surface area contributed by atoms with Crippen molar-refractivity contribution in [2.45, 2.75) is 13.0 Å². The van der Waals surface area contributed by atoms with E-state index in [0.29, 0.717) is 13.4 Å². The minimum absolute atomic E-state index is 0.233. The highest BCUT2D eigenvalue weighted by Crippen LogP contribution is 1.79. The lowest BCUT2D eigenvalue weighted by molar-refractivity contribution is -0.0386. The van der Waals surface area contributed by atoms with Crippen molar-refractivity contribution in [3.8, 4) is 0 Å². The van der Waals surface area contributed by atoms with Crippen LogP contribution in [-0.2, 0) is 13.9 Å². The predicted octanol–water partition coefficient (Wildman–Crippen LogP) is 0.145. The molecule has 0 aromatic carbocycles. The molecule has 62 valence electrons. The van der Waals surface area contributed by atoms with Crippen LogP contribution in [0.4, 0.5) is 0 Å². The van der Waals surface area contributed by atoms with Gasteiger partial charge >= 0.3 is 0 Å². The molecular weight excluding hydrogens is 148 g/mol. The quantitative estimate of drug-likeness (QED) is 0.304. The molecule has 0 aliphatic carbocycles. The summed E-state index contributed by atoms with van der Waals surface area (Å²) in [7, 11) is 1.38. The zero-order chi connectivity index (χ0) is 7.66. The van der Waals surface area contributed by atoms with E-state index in [-0.39, 0.29) is 9.76 Å². The molecule has 0 radical (unpaired) electrons. The summed E-state index contributed by atoms with van der Waals surface area (Å²) < 4.78 is 15.0. The van der Waals surface area contributed by atoms with Crippen LogP contribution >= 0.6 is 0 Å². The van der Waals surface area contributed by atoms with Crippen molar-refractivity contribution in [2.75, 3.05) is 27.1 Å². The molecule has 0 aliphatic heterocycles. The van der Waals surface area contributed by atoms with Gasteiger partial charge < -0.3 is 13.9 Å². The summed E-state index contributed by atoms with van der Waals surface area (Å²) >= 11 is 0. The molecule has 0 saturated carbocycles. The average molecular weight is 164 g/mol. The third-order valence-corrected chi connectivity index (χ3v) is 1.91. The zero-order valence-electron chi connectivity index (χ0n) is 6.76. The first-order valence-electron chi connectivity index (χ1n) is 3.56. The van der Waals surface area contributed by atoms with E-state index >= 15 is 0 Å². The first-order valence-corrected chi connectivity index (χ1v) is 5.14. The van der Waals surface area contributed by atoms with Crippen LogP contribution in [-0.4, -0.2) is 36.9 Å². The Balaban J connectivity index is 2.65. The van der Waals surface area contributed by atoms with Crippen molar-refractivity contribution in [3.05, 3.63) is 0 Å². The summed E-state index contributed by atoms with van der Waals surface area (Å²) in [6.07, 6.45) is 0. The van der Waals surface area contributed by atoms with Crippen molar-refractivity contribution >= 4 is 9.76 Å². The van der Waals surface area contributed by atoms with Gasteiger partial charge in [-0.3, -0.25) is 0 Å². The highest BCUT2D eigenvalue weighted by Gasteiger charge is 1.86. The molecule has 0 unspecified atom stereocenters. The van der Waals surface area contributed by atoms with Crippen molar-refractivity contribution < 1.29 is 13.9 Å². The largest absolute Gasteiger partial charge is 0.422 e. The van der Waals surface area contributed by atoms with Crippen LogP contribution in [0, 0.1) is 0 Å². The van der Waals surface area contributed by atoms with Crippen molar-refractivity contribution in [3.63, 3.8) is 0 Å². The summed E-state index contributed by atoms with van der Waals surface area (Å²) in [5, 5.41) is 0. The summed E-state index contributed by atoms with van der Waals surface area (Å²) in [5.41, 5.74) is 0. The number of rotatable bonds is 7. The van der Waals surface area contributed by atoms with Gasteiger partial charge in [-0.05, 0) is 6.04 Å². The Morgan fingerprint density at radius 1 is 1.30 bits per heavy atom. The summed E-state index contributed by atoms with van der Waals surface area (Å²) in [6, 6.07) is 1.20. The Morgan fingerprint density at radius 3 is 2.70 bits per heavy atom. The lowest BCUT2D eigenvalue weighted by Gasteiger charge is -2.02. The summed E-state index contributed by atoms with van der Waals surface area (Å²) in [5.74, 6) is 0. The van der Waals surface area contributed by atoms with Crippen LogP contribution in [0.15, 0.2) is 0 Å². The molecule has 10 heavy (non-hydrogen) atoms. The van der Waals surface area contributed by atoms with Gasteiger partial charge in [-0.15, -0.1) is 0 Å². The fourth-order valence-corrected chi connectivity index (χ4v) is 1.12. The Morgan fingerprint density at radius 2 is 2.10 bits per heavy atom. The lowest BCUT2D eigenvalue weighted by atomic mass is 10.8. The van der Waals surface area contributed by atoms with Crippen LogP contribution in [0.1, 0.15) is 6.92 Å². The van der Waals surface area contributed by atoms with Gasteiger partial charge in [-0.1, -0.05) is 6.92 Å². The highest BCUT2D eigenvalue weighted by molar-refractivity contribution is 6.26. The smallest absolute Gasteiger partial charge is 0.161 e. The maximum atomic E-state index is 5.29. The molecule has 0 amide bonds. The Labute approximate surface area is 64.6 Å². The Kier molecular flexibility index (Phi) is 9.19. The lowest BCUT2D eigenvalue weighted by Crippen LogP contribution is -2.07. The molecule has 0 atom stereocenters. The molecule has 0 spiro atoms. The maximum absolute atomic E-state index is 5.29. The van der Waals surface area contributed by atoms with Gasteiger partial charge in [0.2, 0.25) is 0 Å². The molecule has 0 saturated heterocycles. The van der Waals surface area contributed by atoms with E-state index in [0.717, 1.165) is 6.61 Å². The Hall–Kier alpha value is 0.0969. The van der Waals surface area contributed by atoms with Gasteiger partial charge in [0.15, 0.2) is 9.76 Å². The number of hydrogen-bond acceptors (Lipinski definition) is 3. The minimum Gasteiger partial charge on any atom is -0.422 e. The first-order chi connectivity index (χ1) is 4.91. The monoisotopic (exact) mass is 164 g/mol. The molecule has 0 aromatic rings. The second-order valence-corrected chi connectivity index (χ2v) is 3.74.